The fourth-order valence-corrected chi connectivity index (χ4v) is 2.63. The zero-order chi connectivity index (χ0) is 13.0. The second kappa shape index (κ2) is 6.23. The van der Waals surface area contributed by atoms with Crippen molar-refractivity contribution in [3.63, 3.8) is 0 Å². The second-order valence-corrected chi connectivity index (χ2v) is 5.20. The topological polar surface area (TPSA) is 47.0 Å². The Morgan fingerprint density at radius 2 is 2.17 bits per heavy atom. The number of alkyl halides is 1. The van der Waals surface area contributed by atoms with Crippen LogP contribution in [0.25, 0.3) is 0 Å². The number of nitrogens with one attached hydrogen (secondary N) is 1. The Kier molecular flexibility index (Phi) is 4.64. The van der Waals surface area contributed by atoms with E-state index in [0.29, 0.717) is 18.5 Å². The smallest absolute Gasteiger partial charge is 0.221 e. The van der Waals surface area contributed by atoms with E-state index in [1.165, 1.54) is 19.2 Å². The van der Waals surface area contributed by atoms with E-state index in [1.807, 2.05) is 13.8 Å². The monoisotopic (exact) mass is 269 g/mol. The van der Waals surface area contributed by atoms with Crippen LogP contribution >= 0.6 is 11.6 Å². The summed E-state index contributed by atoms with van der Waals surface area (Å²) >= 11 is 6.35. The molecule has 100 valence electrons. The average Bonchev–Trinajstić information content (AvgIpc) is 2.37. The fourth-order valence-electron chi connectivity index (χ4n) is 2.29. The standard InChI is InChI=1S/C13H20ClN3O/c1-3-18-13-9(2)12(15-8-16-13)17-11-7-5-4-6-10(11)14/h8,10-11H,3-7H2,1-2H3,(H,15,16,17). The van der Waals surface area contributed by atoms with Crippen LogP contribution < -0.4 is 10.1 Å². The lowest BCUT2D eigenvalue weighted by Crippen LogP contribution is -2.33. The molecule has 0 radical (unpaired) electrons. The first-order valence-corrected chi connectivity index (χ1v) is 7.01. The first-order valence-electron chi connectivity index (χ1n) is 6.57. The molecule has 2 unspecified atom stereocenters. The minimum absolute atomic E-state index is 0.184. The zero-order valence-corrected chi connectivity index (χ0v) is 11.7. The van der Waals surface area contributed by atoms with Crippen molar-refractivity contribution in [3.05, 3.63) is 11.9 Å². The van der Waals surface area contributed by atoms with Crippen molar-refractivity contribution in [3.8, 4) is 5.88 Å². The number of rotatable bonds is 4. The van der Waals surface area contributed by atoms with Crippen LogP contribution in [0.1, 0.15) is 38.2 Å². The van der Waals surface area contributed by atoms with Crippen LogP contribution in [0.5, 0.6) is 5.88 Å². The summed E-state index contributed by atoms with van der Waals surface area (Å²) in [5.74, 6) is 1.49. The largest absolute Gasteiger partial charge is 0.478 e. The zero-order valence-electron chi connectivity index (χ0n) is 10.9. The van der Waals surface area contributed by atoms with Crippen molar-refractivity contribution < 1.29 is 4.74 Å². The van der Waals surface area contributed by atoms with Crippen molar-refractivity contribution in [2.45, 2.75) is 50.9 Å². The van der Waals surface area contributed by atoms with Gasteiger partial charge in [0.2, 0.25) is 5.88 Å². The van der Waals surface area contributed by atoms with E-state index in [0.717, 1.165) is 24.2 Å². The van der Waals surface area contributed by atoms with E-state index in [9.17, 15) is 0 Å². The SMILES string of the molecule is CCOc1ncnc(NC2CCCCC2Cl)c1C. The highest BCUT2D eigenvalue weighted by molar-refractivity contribution is 6.21. The van der Waals surface area contributed by atoms with Gasteiger partial charge in [-0.1, -0.05) is 12.8 Å². The molecule has 0 amide bonds. The van der Waals surface area contributed by atoms with Crippen LogP contribution in [0.15, 0.2) is 6.33 Å². The molecule has 5 heteroatoms. The minimum atomic E-state index is 0.184. The molecule has 1 saturated carbocycles. The number of halogens is 1. The van der Waals surface area contributed by atoms with E-state index in [-0.39, 0.29) is 5.38 Å². The Balaban J connectivity index is 2.10. The quantitative estimate of drug-likeness (QED) is 0.853. The van der Waals surface area contributed by atoms with Crippen LogP contribution in [0, 0.1) is 6.92 Å². The highest BCUT2D eigenvalue weighted by atomic mass is 35.5. The maximum absolute atomic E-state index is 6.35. The Morgan fingerprint density at radius 1 is 1.39 bits per heavy atom. The third kappa shape index (κ3) is 3.05. The van der Waals surface area contributed by atoms with Gasteiger partial charge in [0.05, 0.1) is 17.5 Å². The molecule has 0 aliphatic heterocycles. The Morgan fingerprint density at radius 3 is 2.89 bits per heavy atom. The Bertz CT molecular complexity index is 400. The number of hydrogen-bond acceptors (Lipinski definition) is 4. The molecule has 4 nitrogen and oxygen atoms in total. The maximum atomic E-state index is 6.35. The van der Waals surface area contributed by atoms with Gasteiger partial charge in [0.1, 0.15) is 12.1 Å². The first kappa shape index (κ1) is 13.4. The van der Waals surface area contributed by atoms with Gasteiger partial charge < -0.3 is 10.1 Å². The van der Waals surface area contributed by atoms with Crippen LogP contribution in [0.2, 0.25) is 0 Å². The van der Waals surface area contributed by atoms with Gasteiger partial charge >= 0.3 is 0 Å². The fraction of sp³-hybridized carbons (Fsp3) is 0.692. The molecule has 1 aliphatic rings. The molecule has 1 heterocycles. The van der Waals surface area contributed by atoms with Crippen LogP contribution in [0.3, 0.4) is 0 Å². The number of anilines is 1. The summed E-state index contributed by atoms with van der Waals surface area (Å²) in [6.45, 7) is 4.53. The second-order valence-electron chi connectivity index (χ2n) is 4.64. The number of hydrogen-bond donors (Lipinski definition) is 1. The molecule has 0 saturated heterocycles. The molecule has 0 aromatic carbocycles. The van der Waals surface area contributed by atoms with Crippen molar-refractivity contribution in [2.75, 3.05) is 11.9 Å². The molecule has 0 spiro atoms. The molecule has 0 bridgehead atoms. The van der Waals surface area contributed by atoms with Crippen molar-refractivity contribution in [1.29, 1.82) is 0 Å². The lowest BCUT2D eigenvalue weighted by atomic mass is 9.95. The molecular weight excluding hydrogens is 250 g/mol. The Labute approximate surface area is 113 Å². The molecule has 1 aromatic heterocycles. The van der Waals surface area contributed by atoms with Gasteiger partial charge in [-0.25, -0.2) is 9.97 Å². The lowest BCUT2D eigenvalue weighted by molar-refractivity contribution is 0.323. The predicted octanol–water partition coefficient (Wildman–Crippen LogP) is 3.15. The van der Waals surface area contributed by atoms with Gasteiger partial charge in [-0.3, -0.25) is 0 Å². The van der Waals surface area contributed by atoms with Crippen LogP contribution in [-0.2, 0) is 0 Å². The average molecular weight is 270 g/mol. The van der Waals surface area contributed by atoms with Gasteiger partial charge in [-0.05, 0) is 26.7 Å². The first-order chi connectivity index (χ1) is 8.72. The predicted molar refractivity (Wildman–Crippen MR) is 73.5 cm³/mol. The molecule has 2 rings (SSSR count). The summed E-state index contributed by atoms with van der Waals surface area (Å²) in [5, 5.41) is 3.62. The number of ether oxygens (including phenoxy) is 1. The molecular formula is C13H20ClN3O. The van der Waals surface area contributed by atoms with E-state index < -0.39 is 0 Å². The van der Waals surface area contributed by atoms with Gasteiger partial charge in [0.25, 0.3) is 0 Å². The summed E-state index contributed by atoms with van der Waals surface area (Å²) in [5.41, 5.74) is 0.953. The summed E-state index contributed by atoms with van der Waals surface area (Å²) in [6.07, 6.45) is 6.15. The summed E-state index contributed by atoms with van der Waals surface area (Å²) in [4.78, 5) is 8.42. The number of aromatic nitrogens is 2. The molecule has 1 fully saturated rings. The highest BCUT2D eigenvalue weighted by Crippen LogP contribution is 2.28. The normalized spacial score (nSPS) is 23.7. The lowest BCUT2D eigenvalue weighted by Gasteiger charge is -2.28. The summed E-state index contributed by atoms with van der Waals surface area (Å²) < 4.78 is 5.47. The van der Waals surface area contributed by atoms with Crippen LogP contribution in [0.4, 0.5) is 5.82 Å². The summed E-state index contributed by atoms with van der Waals surface area (Å²) in [6, 6.07) is 0.295. The summed E-state index contributed by atoms with van der Waals surface area (Å²) in [7, 11) is 0. The van der Waals surface area contributed by atoms with E-state index in [4.69, 9.17) is 16.3 Å². The van der Waals surface area contributed by atoms with Crippen molar-refractivity contribution in [2.24, 2.45) is 0 Å². The molecule has 1 aliphatic carbocycles. The van der Waals surface area contributed by atoms with Gasteiger partial charge in [-0.2, -0.15) is 0 Å². The maximum Gasteiger partial charge on any atom is 0.221 e. The van der Waals surface area contributed by atoms with Gasteiger partial charge in [0, 0.05) is 6.04 Å². The molecule has 2 atom stereocenters. The van der Waals surface area contributed by atoms with Gasteiger partial charge in [0.15, 0.2) is 0 Å². The van der Waals surface area contributed by atoms with E-state index >= 15 is 0 Å². The Hall–Kier alpha value is -1.03. The van der Waals surface area contributed by atoms with Crippen molar-refractivity contribution >= 4 is 17.4 Å². The molecule has 1 N–H and O–H groups in total. The highest BCUT2D eigenvalue weighted by Gasteiger charge is 2.24. The third-order valence-corrected chi connectivity index (χ3v) is 3.85. The molecule has 18 heavy (non-hydrogen) atoms. The van der Waals surface area contributed by atoms with Gasteiger partial charge in [-0.15, -0.1) is 11.6 Å². The third-order valence-electron chi connectivity index (χ3n) is 3.32. The minimum Gasteiger partial charge on any atom is -0.478 e. The van der Waals surface area contributed by atoms with Crippen molar-refractivity contribution in [1.82, 2.24) is 9.97 Å². The van der Waals surface area contributed by atoms with Crippen LogP contribution in [-0.4, -0.2) is 28.0 Å². The molecule has 1 aromatic rings. The van der Waals surface area contributed by atoms with E-state index in [2.05, 4.69) is 15.3 Å². The van der Waals surface area contributed by atoms with E-state index in [1.54, 1.807) is 0 Å². The number of nitrogens with zero attached hydrogens (tertiary/aromatic N) is 2.